The third kappa shape index (κ3) is 2.37. The number of aryl methyl sites for hydroxylation is 1. The molecule has 0 unspecified atom stereocenters. The molecule has 8 nitrogen and oxygen atoms in total. The predicted octanol–water partition coefficient (Wildman–Crippen LogP) is 2.24. The SMILES string of the molecule is CCCn1c(=O)n2cnnc2c2[nH]c(-c3ccccc3OCC)nc21. The minimum atomic E-state index is -0.189. The average Bonchev–Trinajstić information content (AvgIpc) is 3.26. The van der Waals surface area contributed by atoms with E-state index in [9.17, 15) is 4.79 Å². The monoisotopic (exact) mass is 338 g/mol. The van der Waals surface area contributed by atoms with Crippen LogP contribution in [0.25, 0.3) is 28.2 Å². The molecule has 0 aliphatic carbocycles. The summed E-state index contributed by atoms with van der Waals surface area (Å²) in [5.41, 5.74) is 2.39. The fourth-order valence-corrected chi connectivity index (χ4v) is 2.98. The normalized spacial score (nSPS) is 11.4. The summed E-state index contributed by atoms with van der Waals surface area (Å²) in [6.45, 7) is 5.09. The first-order chi connectivity index (χ1) is 12.2. The zero-order chi connectivity index (χ0) is 17.4. The highest BCUT2D eigenvalue weighted by Gasteiger charge is 2.18. The van der Waals surface area contributed by atoms with E-state index >= 15 is 0 Å². The lowest BCUT2D eigenvalue weighted by Crippen LogP contribution is -2.26. The van der Waals surface area contributed by atoms with Gasteiger partial charge in [-0.3, -0.25) is 4.57 Å². The molecule has 0 fully saturated rings. The van der Waals surface area contributed by atoms with Gasteiger partial charge >= 0.3 is 5.69 Å². The van der Waals surface area contributed by atoms with E-state index in [1.807, 2.05) is 38.1 Å². The van der Waals surface area contributed by atoms with Crippen LogP contribution in [0, 0.1) is 0 Å². The van der Waals surface area contributed by atoms with E-state index in [0.717, 1.165) is 17.7 Å². The predicted molar refractivity (Wildman–Crippen MR) is 93.8 cm³/mol. The molecule has 25 heavy (non-hydrogen) atoms. The van der Waals surface area contributed by atoms with E-state index in [-0.39, 0.29) is 5.69 Å². The van der Waals surface area contributed by atoms with Crippen LogP contribution in [-0.2, 0) is 6.54 Å². The van der Waals surface area contributed by atoms with Crippen LogP contribution in [0.1, 0.15) is 20.3 Å². The number of aromatic nitrogens is 6. The van der Waals surface area contributed by atoms with Gasteiger partial charge in [-0.05, 0) is 25.5 Å². The Hall–Kier alpha value is -3.16. The molecule has 1 N–H and O–H groups in total. The molecule has 0 spiro atoms. The zero-order valence-corrected chi connectivity index (χ0v) is 14.1. The molecule has 8 heteroatoms. The maximum absolute atomic E-state index is 12.7. The molecule has 3 heterocycles. The Labute approximate surface area is 143 Å². The third-order valence-electron chi connectivity index (χ3n) is 4.04. The van der Waals surface area contributed by atoms with Gasteiger partial charge in [0.1, 0.15) is 23.4 Å². The molecular formula is C17H18N6O2. The number of nitrogens with zero attached hydrogens (tertiary/aromatic N) is 5. The van der Waals surface area contributed by atoms with Gasteiger partial charge in [-0.1, -0.05) is 19.1 Å². The molecule has 1 aromatic carbocycles. The number of nitrogens with one attached hydrogen (secondary N) is 1. The van der Waals surface area contributed by atoms with Crippen LogP contribution in [0.2, 0.25) is 0 Å². The van der Waals surface area contributed by atoms with Gasteiger partial charge in [-0.15, -0.1) is 10.2 Å². The van der Waals surface area contributed by atoms with Gasteiger partial charge in [-0.2, -0.15) is 0 Å². The summed E-state index contributed by atoms with van der Waals surface area (Å²) < 4.78 is 8.79. The van der Waals surface area contributed by atoms with Crippen LogP contribution in [0.15, 0.2) is 35.4 Å². The maximum Gasteiger partial charge on any atom is 0.336 e. The van der Waals surface area contributed by atoms with Crippen LogP contribution < -0.4 is 10.4 Å². The number of imidazole rings is 1. The van der Waals surface area contributed by atoms with Crippen molar-refractivity contribution in [1.29, 1.82) is 0 Å². The van der Waals surface area contributed by atoms with Gasteiger partial charge in [0.2, 0.25) is 0 Å². The van der Waals surface area contributed by atoms with Crippen LogP contribution in [0.3, 0.4) is 0 Å². The van der Waals surface area contributed by atoms with Crippen LogP contribution in [0.5, 0.6) is 5.75 Å². The number of rotatable bonds is 5. The number of hydrogen-bond donors (Lipinski definition) is 1. The minimum absolute atomic E-state index is 0.189. The Morgan fingerprint density at radius 3 is 2.84 bits per heavy atom. The Morgan fingerprint density at radius 2 is 2.04 bits per heavy atom. The van der Waals surface area contributed by atoms with Crippen molar-refractivity contribution >= 4 is 16.8 Å². The van der Waals surface area contributed by atoms with Gasteiger partial charge in [0, 0.05) is 6.54 Å². The summed E-state index contributed by atoms with van der Waals surface area (Å²) in [4.78, 5) is 20.6. The van der Waals surface area contributed by atoms with Crippen LogP contribution >= 0.6 is 0 Å². The number of aromatic amines is 1. The molecular weight excluding hydrogens is 320 g/mol. The molecule has 0 atom stereocenters. The van der Waals surface area contributed by atoms with E-state index in [2.05, 4.69) is 20.2 Å². The average molecular weight is 338 g/mol. The molecule has 0 aliphatic heterocycles. The highest BCUT2D eigenvalue weighted by atomic mass is 16.5. The van der Waals surface area contributed by atoms with Crippen molar-refractivity contribution in [2.24, 2.45) is 0 Å². The Kier molecular flexibility index (Phi) is 3.72. The molecule has 3 aromatic heterocycles. The lowest BCUT2D eigenvalue weighted by molar-refractivity contribution is 0.341. The van der Waals surface area contributed by atoms with E-state index in [0.29, 0.717) is 35.8 Å². The zero-order valence-electron chi connectivity index (χ0n) is 14.1. The van der Waals surface area contributed by atoms with Gasteiger partial charge in [0.25, 0.3) is 0 Å². The second-order valence-electron chi connectivity index (χ2n) is 5.67. The van der Waals surface area contributed by atoms with E-state index in [1.165, 1.54) is 10.7 Å². The molecule has 0 radical (unpaired) electrons. The molecule has 0 saturated heterocycles. The van der Waals surface area contributed by atoms with E-state index in [1.54, 1.807) is 4.57 Å². The van der Waals surface area contributed by atoms with Gasteiger partial charge in [-0.25, -0.2) is 14.2 Å². The Morgan fingerprint density at radius 1 is 1.20 bits per heavy atom. The number of hydrogen-bond acceptors (Lipinski definition) is 5. The van der Waals surface area contributed by atoms with Crippen LogP contribution in [-0.4, -0.2) is 35.7 Å². The second-order valence-corrected chi connectivity index (χ2v) is 5.67. The highest BCUT2D eigenvalue weighted by Crippen LogP contribution is 2.29. The molecule has 0 amide bonds. The minimum Gasteiger partial charge on any atom is -0.493 e. The number of para-hydroxylation sites is 1. The van der Waals surface area contributed by atoms with Crippen molar-refractivity contribution in [1.82, 2.24) is 29.1 Å². The molecule has 0 bridgehead atoms. The fourth-order valence-electron chi connectivity index (χ4n) is 2.98. The summed E-state index contributed by atoms with van der Waals surface area (Å²) >= 11 is 0. The maximum atomic E-state index is 12.7. The lowest BCUT2D eigenvalue weighted by atomic mass is 10.2. The van der Waals surface area contributed by atoms with Crippen molar-refractivity contribution in [2.75, 3.05) is 6.61 Å². The lowest BCUT2D eigenvalue weighted by Gasteiger charge is -2.07. The molecule has 4 aromatic rings. The first-order valence-electron chi connectivity index (χ1n) is 8.29. The standard InChI is InChI=1S/C17H18N6O2/c1-3-9-22-15-13(16-21-18-10-23(16)17(22)24)19-14(20-15)11-7-5-6-8-12(11)25-4-2/h5-8,10H,3-4,9H2,1-2H3,(H,19,20). The number of benzene rings is 1. The van der Waals surface area contributed by atoms with Crippen molar-refractivity contribution in [3.63, 3.8) is 0 Å². The molecule has 0 saturated carbocycles. The quantitative estimate of drug-likeness (QED) is 0.603. The Balaban J connectivity index is 2.03. The number of H-pyrrole nitrogens is 1. The van der Waals surface area contributed by atoms with Crippen molar-refractivity contribution in [3.8, 4) is 17.1 Å². The molecule has 128 valence electrons. The summed E-state index contributed by atoms with van der Waals surface area (Å²) in [6, 6.07) is 7.68. The summed E-state index contributed by atoms with van der Waals surface area (Å²) in [7, 11) is 0. The largest absolute Gasteiger partial charge is 0.493 e. The first-order valence-corrected chi connectivity index (χ1v) is 8.29. The van der Waals surface area contributed by atoms with Gasteiger partial charge in [0.15, 0.2) is 11.3 Å². The van der Waals surface area contributed by atoms with E-state index in [4.69, 9.17) is 4.74 Å². The van der Waals surface area contributed by atoms with Crippen molar-refractivity contribution < 1.29 is 4.74 Å². The number of fused-ring (bicyclic) bond motifs is 3. The summed E-state index contributed by atoms with van der Waals surface area (Å²) in [5.74, 6) is 1.38. The smallest absolute Gasteiger partial charge is 0.336 e. The summed E-state index contributed by atoms with van der Waals surface area (Å²) in [5, 5.41) is 7.94. The molecule has 4 rings (SSSR count). The highest BCUT2D eigenvalue weighted by molar-refractivity contribution is 5.88. The van der Waals surface area contributed by atoms with Gasteiger partial charge < -0.3 is 9.72 Å². The summed E-state index contributed by atoms with van der Waals surface area (Å²) in [6.07, 6.45) is 2.25. The van der Waals surface area contributed by atoms with Crippen LogP contribution in [0.4, 0.5) is 0 Å². The van der Waals surface area contributed by atoms with Crippen molar-refractivity contribution in [2.45, 2.75) is 26.8 Å². The van der Waals surface area contributed by atoms with E-state index < -0.39 is 0 Å². The topological polar surface area (TPSA) is 90.1 Å². The fraction of sp³-hybridized carbons (Fsp3) is 0.294. The molecule has 0 aliphatic rings. The second kappa shape index (κ2) is 6.04. The first kappa shape index (κ1) is 15.4. The third-order valence-corrected chi connectivity index (χ3v) is 4.04. The number of ether oxygens (including phenoxy) is 1. The van der Waals surface area contributed by atoms with Crippen molar-refractivity contribution in [3.05, 3.63) is 41.1 Å². The Bertz CT molecular complexity index is 1110. The van der Waals surface area contributed by atoms with Gasteiger partial charge in [0.05, 0.1) is 12.2 Å².